The average Bonchev–Trinajstić information content (AvgIpc) is 3.41. The van der Waals surface area contributed by atoms with Gasteiger partial charge in [-0.15, -0.1) is 10.2 Å². The van der Waals surface area contributed by atoms with Gasteiger partial charge in [-0.3, -0.25) is 9.20 Å². The first-order valence-corrected chi connectivity index (χ1v) is 9.45. The normalized spacial score (nSPS) is 12.3. The third-order valence-electron chi connectivity index (χ3n) is 4.35. The molecule has 26 heavy (non-hydrogen) atoms. The lowest BCUT2D eigenvalue weighted by atomic mass is 10.1. The van der Waals surface area contributed by atoms with Crippen LogP contribution in [0.4, 0.5) is 0 Å². The number of nitrogens with zero attached hydrogens (tertiary/aromatic N) is 4. The zero-order valence-electron chi connectivity index (χ0n) is 14.2. The van der Waals surface area contributed by atoms with Crippen LogP contribution in [0.1, 0.15) is 23.9 Å². The Hall–Kier alpha value is -2.93. The second-order valence-electron chi connectivity index (χ2n) is 6.05. The van der Waals surface area contributed by atoms with Crippen LogP contribution in [-0.4, -0.2) is 31.6 Å². The van der Waals surface area contributed by atoms with Gasteiger partial charge in [0.1, 0.15) is 5.82 Å². The molecule has 6 nitrogen and oxygen atoms in total. The van der Waals surface area contributed by atoms with Gasteiger partial charge in [0.2, 0.25) is 5.91 Å². The van der Waals surface area contributed by atoms with Gasteiger partial charge in [0.25, 0.3) is 0 Å². The second-order valence-corrected chi connectivity index (χ2v) is 6.83. The van der Waals surface area contributed by atoms with Crippen molar-refractivity contribution in [2.75, 3.05) is 6.54 Å². The van der Waals surface area contributed by atoms with Crippen LogP contribution in [-0.2, 0) is 11.2 Å². The van der Waals surface area contributed by atoms with E-state index in [1.165, 1.54) is 0 Å². The zero-order valence-corrected chi connectivity index (χ0v) is 15.0. The molecule has 4 rings (SSSR count). The van der Waals surface area contributed by atoms with E-state index in [0.29, 0.717) is 19.4 Å². The maximum atomic E-state index is 12.5. The predicted octanol–water partition coefficient (Wildman–Crippen LogP) is 2.93. The Kier molecular flexibility index (Phi) is 4.79. The van der Waals surface area contributed by atoms with Gasteiger partial charge in [0, 0.05) is 31.6 Å². The van der Waals surface area contributed by atoms with E-state index < -0.39 is 0 Å². The molecule has 0 saturated heterocycles. The van der Waals surface area contributed by atoms with E-state index in [4.69, 9.17) is 0 Å². The minimum absolute atomic E-state index is 0.0187. The Morgan fingerprint density at radius 3 is 2.77 bits per heavy atom. The molecule has 0 aliphatic rings. The first-order chi connectivity index (χ1) is 12.8. The van der Waals surface area contributed by atoms with Crippen molar-refractivity contribution in [2.45, 2.75) is 18.9 Å². The molecule has 0 radical (unpaired) electrons. The van der Waals surface area contributed by atoms with Crippen LogP contribution < -0.4 is 5.32 Å². The van der Waals surface area contributed by atoms with Crippen molar-refractivity contribution in [1.82, 2.24) is 24.5 Å². The number of fused-ring (bicyclic) bond motifs is 1. The van der Waals surface area contributed by atoms with E-state index in [9.17, 15) is 4.79 Å². The highest BCUT2D eigenvalue weighted by Gasteiger charge is 2.17. The summed E-state index contributed by atoms with van der Waals surface area (Å²) in [7, 11) is 0. The fourth-order valence-electron chi connectivity index (χ4n) is 3.04. The molecule has 0 aromatic carbocycles. The summed E-state index contributed by atoms with van der Waals surface area (Å²) in [4.78, 5) is 12.5. The molecule has 1 N–H and O–H groups in total. The van der Waals surface area contributed by atoms with Gasteiger partial charge in [-0.1, -0.05) is 6.07 Å². The Morgan fingerprint density at radius 1 is 1.12 bits per heavy atom. The fourth-order valence-corrected chi connectivity index (χ4v) is 3.75. The van der Waals surface area contributed by atoms with Crippen molar-refractivity contribution < 1.29 is 4.79 Å². The maximum Gasteiger partial charge on any atom is 0.222 e. The number of rotatable bonds is 7. The Balaban J connectivity index is 1.37. The highest BCUT2D eigenvalue weighted by molar-refractivity contribution is 7.08. The molecule has 7 heteroatoms. The quantitative estimate of drug-likeness (QED) is 0.548. The molecule has 0 unspecified atom stereocenters. The van der Waals surface area contributed by atoms with E-state index in [2.05, 4.69) is 31.5 Å². The van der Waals surface area contributed by atoms with Crippen LogP contribution in [0.15, 0.2) is 65.7 Å². The number of hydrogen-bond acceptors (Lipinski definition) is 4. The number of carbonyl (C=O) groups is 1. The number of nitrogens with one attached hydrogen (secondary N) is 1. The summed E-state index contributed by atoms with van der Waals surface area (Å²) in [6, 6.07) is 11.8. The Bertz CT molecular complexity index is 940. The second kappa shape index (κ2) is 7.53. The van der Waals surface area contributed by atoms with Crippen molar-refractivity contribution in [3.63, 3.8) is 0 Å². The summed E-state index contributed by atoms with van der Waals surface area (Å²) in [5.41, 5.74) is 1.98. The minimum Gasteiger partial charge on any atom is -0.356 e. The molecule has 0 saturated carbocycles. The van der Waals surface area contributed by atoms with Gasteiger partial charge in [0.15, 0.2) is 5.65 Å². The summed E-state index contributed by atoms with van der Waals surface area (Å²) in [6.07, 6.45) is 6.98. The predicted molar refractivity (Wildman–Crippen MR) is 101 cm³/mol. The molecular formula is C19H19N5OS. The van der Waals surface area contributed by atoms with Gasteiger partial charge in [-0.2, -0.15) is 11.3 Å². The number of aromatic nitrogens is 4. The standard InChI is InChI=1S/C19H19N5OS/c25-19(13-16(15-7-12-26-14-15)23-9-3-4-10-23)20-8-6-18-22-21-17-5-1-2-11-24(17)18/h1-5,7,9-12,14,16H,6,8,13H2,(H,20,25)/t16-/m0/s1. The minimum atomic E-state index is 0.0187. The molecule has 0 bridgehead atoms. The molecule has 1 amide bonds. The van der Waals surface area contributed by atoms with Crippen LogP contribution in [0.5, 0.6) is 0 Å². The van der Waals surface area contributed by atoms with Crippen molar-refractivity contribution in [3.8, 4) is 0 Å². The summed E-state index contributed by atoms with van der Waals surface area (Å²) >= 11 is 1.65. The third-order valence-corrected chi connectivity index (χ3v) is 5.05. The molecular weight excluding hydrogens is 346 g/mol. The smallest absolute Gasteiger partial charge is 0.222 e. The first-order valence-electron chi connectivity index (χ1n) is 8.51. The molecule has 132 valence electrons. The molecule has 0 aliphatic carbocycles. The lowest BCUT2D eigenvalue weighted by Gasteiger charge is -2.18. The molecule has 4 heterocycles. The van der Waals surface area contributed by atoms with E-state index in [-0.39, 0.29) is 11.9 Å². The van der Waals surface area contributed by atoms with Gasteiger partial charge < -0.3 is 9.88 Å². The molecule has 4 aromatic heterocycles. The van der Waals surface area contributed by atoms with Gasteiger partial charge in [0.05, 0.1) is 12.5 Å². The lowest BCUT2D eigenvalue weighted by molar-refractivity contribution is -0.121. The first kappa shape index (κ1) is 16.5. The number of thiophene rings is 1. The third kappa shape index (κ3) is 3.52. The van der Waals surface area contributed by atoms with Crippen molar-refractivity contribution in [3.05, 3.63) is 77.1 Å². The summed E-state index contributed by atoms with van der Waals surface area (Å²) in [5, 5.41) is 15.5. The lowest BCUT2D eigenvalue weighted by Crippen LogP contribution is -2.28. The van der Waals surface area contributed by atoms with E-state index in [1.807, 2.05) is 58.7 Å². The molecule has 4 aromatic rings. The van der Waals surface area contributed by atoms with E-state index >= 15 is 0 Å². The number of hydrogen-bond donors (Lipinski definition) is 1. The number of pyridine rings is 1. The van der Waals surface area contributed by atoms with Crippen molar-refractivity contribution in [2.24, 2.45) is 0 Å². The largest absolute Gasteiger partial charge is 0.356 e. The summed E-state index contributed by atoms with van der Waals surface area (Å²) in [6.45, 7) is 0.538. The van der Waals surface area contributed by atoms with Gasteiger partial charge in [-0.25, -0.2) is 0 Å². The maximum absolute atomic E-state index is 12.5. The van der Waals surface area contributed by atoms with Gasteiger partial charge in [-0.05, 0) is 46.7 Å². The van der Waals surface area contributed by atoms with Crippen LogP contribution in [0.2, 0.25) is 0 Å². The molecule has 1 atom stereocenters. The number of carbonyl (C=O) groups excluding carboxylic acids is 1. The fraction of sp³-hybridized carbons (Fsp3) is 0.211. The van der Waals surface area contributed by atoms with Crippen molar-refractivity contribution >= 4 is 22.9 Å². The van der Waals surface area contributed by atoms with Crippen LogP contribution in [0.25, 0.3) is 5.65 Å². The van der Waals surface area contributed by atoms with Crippen molar-refractivity contribution in [1.29, 1.82) is 0 Å². The Morgan fingerprint density at radius 2 is 1.96 bits per heavy atom. The van der Waals surface area contributed by atoms with Crippen LogP contribution in [0.3, 0.4) is 0 Å². The SMILES string of the molecule is O=C(C[C@@H](c1ccsc1)n1cccc1)NCCc1nnc2ccccn12. The number of amides is 1. The zero-order chi connectivity index (χ0) is 17.8. The summed E-state index contributed by atoms with van der Waals surface area (Å²) < 4.78 is 4.02. The van der Waals surface area contributed by atoms with Crippen LogP contribution >= 0.6 is 11.3 Å². The molecule has 0 spiro atoms. The molecule has 0 aliphatic heterocycles. The van der Waals surface area contributed by atoms with E-state index in [1.54, 1.807) is 11.3 Å². The van der Waals surface area contributed by atoms with Crippen LogP contribution in [0, 0.1) is 0 Å². The average molecular weight is 365 g/mol. The van der Waals surface area contributed by atoms with E-state index in [0.717, 1.165) is 17.0 Å². The highest BCUT2D eigenvalue weighted by atomic mass is 32.1. The summed E-state index contributed by atoms with van der Waals surface area (Å²) in [5.74, 6) is 0.879. The molecule has 0 fully saturated rings. The Labute approximate surface area is 155 Å². The van der Waals surface area contributed by atoms with Gasteiger partial charge >= 0.3 is 0 Å². The highest BCUT2D eigenvalue weighted by Crippen LogP contribution is 2.24. The topological polar surface area (TPSA) is 64.2 Å². The monoisotopic (exact) mass is 365 g/mol.